The number of thiophene rings is 2. The Bertz CT molecular complexity index is 1980. The summed E-state index contributed by atoms with van der Waals surface area (Å²) in [5.74, 6) is 0. The number of fused-ring (bicyclic) bond motifs is 6. The second kappa shape index (κ2) is 9.09. The van der Waals surface area contributed by atoms with Gasteiger partial charge in [-0.25, -0.2) is 0 Å². The van der Waals surface area contributed by atoms with Crippen molar-refractivity contribution < 1.29 is 0 Å². The Balaban J connectivity index is 1.25. The van der Waals surface area contributed by atoms with Crippen molar-refractivity contribution in [1.82, 2.24) is 0 Å². The highest BCUT2D eigenvalue weighted by Gasteiger charge is 2.13. The Hall–Kier alpha value is -4.44. The van der Waals surface area contributed by atoms with Crippen LogP contribution in [0.2, 0.25) is 0 Å². The van der Waals surface area contributed by atoms with Crippen LogP contribution in [0.3, 0.4) is 0 Å². The molecule has 0 unspecified atom stereocenters. The van der Waals surface area contributed by atoms with Gasteiger partial charge in [-0.1, -0.05) is 84.9 Å². The normalized spacial score (nSPS) is 11.6. The first-order chi connectivity index (χ1) is 19.3. The minimum Gasteiger partial charge on any atom is -0.355 e. The van der Waals surface area contributed by atoms with Crippen LogP contribution in [-0.4, -0.2) is 0 Å². The van der Waals surface area contributed by atoms with Crippen molar-refractivity contribution in [3.8, 4) is 22.3 Å². The van der Waals surface area contributed by atoms with Gasteiger partial charge in [0.05, 0.1) is 0 Å². The molecule has 0 fully saturated rings. The molecular weight excluding hydrogens is 511 g/mol. The predicted octanol–water partition coefficient (Wildman–Crippen LogP) is 11.5. The van der Waals surface area contributed by atoms with Gasteiger partial charge in [-0.3, -0.25) is 0 Å². The molecule has 6 aromatic carbocycles. The SMILES string of the molecule is c1ccc(-c2cccc3sc4ccc(Nc5ccc6sc7cccc(-c8ccccc8)c7c6c5)cc4c23)cc1. The Morgan fingerprint density at radius 1 is 0.385 bits per heavy atom. The Kier molecular flexibility index (Phi) is 5.25. The van der Waals surface area contributed by atoms with Gasteiger partial charge in [0.1, 0.15) is 0 Å². The number of nitrogens with one attached hydrogen (secondary N) is 1. The van der Waals surface area contributed by atoms with Crippen molar-refractivity contribution in [3.05, 3.63) is 133 Å². The highest BCUT2D eigenvalue weighted by Crippen LogP contribution is 2.43. The molecule has 0 aliphatic rings. The van der Waals surface area contributed by atoms with Crippen molar-refractivity contribution >= 4 is 74.4 Å². The first kappa shape index (κ1) is 22.5. The van der Waals surface area contributed by atoms with Gasteiger partial charge in [-0.15, -0.1) is 22.7 Å². The van der Waals surface area contributed by atoms with Gasteiger partial charge < -0.3 is 5.32 Å². The lowest BCUT2D eigenvalue weighted by molar-refractivity contribution is 1.61. The number of hydrogen-bond donors (Lipinski definition) is 1. The summed E-state index contributed by atoms with van der Waals surface area (Å²) < 4.78 is 5.27. The van der Waals surface area contributed by atoms with Crippen LogP contribution in [0, 0.1) is 0 Å². The van der Waals surface area contributed by atoms with Crippen LogP contribution in [0.5, 0.6) is 0 Å². The Morgan fingerprint density at radius 2 is 0.846 bits per heavy atom. The minimum atomic E-state index is 1.10. The maximum absolute atomic E-state index is 3.72. The van der Waals surface area contributed by atoms with Crippen LogP contribution in [0.1, 0.15) is 0 Å². The fourth-order valence-corrected chi connectivity index (χ4v) is 7.92. The molecule has 184 valence electrons. The van der Waals surface area contributed by atoms with Crippen LogP contribution in [0.4, 0.5) is 11.4 Å². The molecule has 8 rings (SSSR count). The molecule has 0 bridgehead atoms. The fraction of sp³-hybridized carbons (Fsp3) is 0. The highest BCUT2D eigenvalue weighted by atomic mass is 32.1. The van der Waals surface area contributed by atoms with Gasteiger partial charge in [-0.2, -0.15) is 0 Å². The molecule has 0 amide bonds. The molecule has 1 N–H and O–H groups in total. The van der Waals surface area contributed by atoms with E-state index >= 15 is 0 Å². The number of hydrogen-bond acceptors (Lipinski definition) is 3. The van der Waals surface area contributed by atoms with Crippen molar-refractivity contribution in [2.75, 3.05) is 5.32 Å². The van der Waals surface area contributed by atoms with E-state index in [1.807, 2.05) is 22.7 Å². The molecule has 8 aromatic rings. The third kappa shape index (κ3) is 3.82. The zero-order valence-corrected chi connectivity index (χ0v) is 22.7. The summed E-state index contributed by atoms with van der Waals surface area (Å²) in [5, 5.41) is 8.99. The zero-order valence-electron chi connectivity index (χ0n) is 21.0. The Morgan fingerprint density at radius 3 is 1.31 bits per heavy atom. The van der Waals surface area contributed by atoms with E-state index in [2.05, 4.69) is 139 Å². The van der Waals surface area contributed by atoms with Gasteiger partial charge in [0.15, 0.2) is 0 Å². The molecule has 0 spiro atoms. The van der Waals surface area contributed by atoms with Crippen molar-refractivity contribution in [1.29, 1.82) is 0 Å². The molecule has 2 heterocycles. The molecule has 3 heteroatoms. The molecule has 0 saturated heterocycles. The fourth-order valence-electron chi connectivity index (χ4n) is 5.69. The molecule has 1 nitrogen and oxygen atoms in total. The number of benzene rings is 6. The van der Waals surface area contributed by atoms with E-state index in [4.69, 9.17) is 0 Å². The summed E-state index contributed by atoms with van der Waals surface area (Å²) in [6.45, 7) is 0. The number of anilines is 2. The van der Waals surface area contributed by atoms with Crippen molar-refractivity contribution in [2.45, 2.75) is 0 Å². The third-order valence-corrected chi connectivity index (χ3v) is 9.72. The smallest absolute Gasteiger partial charge is 0.0391 e. The minimum absolute atomic E-state index is 1.10. The molecule has 0 saturated carbocycles. The molecule has 0 radical (unpaired) electrons. The van der Waals surface area contributed by atoms with Gasteiger partial charge in [0, 0.05) is 51.7 Å². The largest absolute Gasteiger partial charge is 0.355 e. The maximum atomic E-state index is 3.72. The van der Waals surface area contributed by atoms with E-state index in [1.165, 1.54) is 62.6 Å². The average molecular weight is 534 g/mol. The summed E-state index contributed by atoms with van der Waals surface area (Å²) >= 11 is 3.73. The lowest BCUT2D eigenvalue weighted by atomic mass is 9.99. The van der Waals surface area contributed by atoms with E-state index in [0.29, 0.717) is 0 Å². The molecule has 0 aliphatic carbocycles. The number of rotatable bonds is 4. The maximum Gasteiger partial charge on any atom is 0.0391 e. The topological polar surface area (TPSA) is 12.0 Å². The zero-order chi connectivity index (χ0) is 25.8. The van der Waals surface area contributed by atoms with E-state index in [-0.39, 0.29) is 0 Å². The second-order valence-corrected chi connectivity index (χ2v) is 12.0. The highest BCUT2D eigenvalue weighted by molar-refractivity contribution is 7.26. The van der Waals surface area contributed by atoms with Crippen LogP contribution >= 0.6 is 22.7 Å². The van der Waals surface area contributed by atoms with Crippen LogP contribution in [0.15, 0.2) is 133 Å². The second-order valence-electron chi connectivity index (χ2n) is 9.84. The molecule has 0 aliphatic heterocycles. The summed E-state index contributed by atoms with van der Waals surface area (Å²) in [6, 6.07) is 48.2. The quantitative estimate of drug-likeness (QED) is 0.237. The van der Waals surface area contributed by atoms with Crippen LogP contribution in [0.25, 0.3) is 62.6 Å². The van der Waals surface area contributed by atoms with E-state index in [9.17, 15) is 0 Å². The van der Waals surface area contributed by atoms with E-state index in [1.54, 1.807) is 0 Å². The van der Waals surface area contributed by atoms with Gasteiger partial charge in [0.25, 0.3) is 0 Å². The van der Waals surface area contributed by atoms with Crippen LogP contribution in [-0.2, 0) is 0 Å². The molecular formula is C36H23NS2. The first-order valence-electron chi connectivity index (χ1n) is 13.1. The lowest BCUT2D eigenvalue weighted by Crippen LogP contribution is -1.89. The first-order valence-corrected chi connectivity index (χ1v) is 14.7. The average Bonchev–Trinajstić information content (AvgIpc) is 3.56. The van der Waals surface area contributed by atoms with Gasteiger partial charge >= 0.3 is 0 Å². The van der Waals surface area contributed by atoms with E-state index in [0.717, 1.165) is 11.4 Å². The molecule has 2 aromatic heterocycles. The van der Waals surface area contributed by atoms with Gasteiger partial charge in [-0.05, 0) is 70.8 Å². The summed E-state index contributed by atoms with van der Waals surface area (Å²) in [7, 11) is 0. The van der Waals surface area contributed by atoms with E-state index < -0.39 is 0 Å². The van der Waals surface area contributed by atoms with Crippen molar-refractivity contribution in [2.24, 2.45) is 0 Å². The lowest BCUT2D eigenvalue weighted by Gasteiger charge is -2.09. The molecule has 0 atom stereocenters. The Labute approximate surface area is 234 Å². The monoisotopic (exact) mass is 533 g/mol. The molecule has 39 heavy (non-hydrogen) atoms. The van der Waals surface area contributed by atoms with Crippen molar-refractivity contribution in [3.63, 3.8) is 0 Å². The summed E-state index contributed by atoms with van der Waals surface area (Å²) in [5.41, 5.74) is 7.29. The van der Waals surface area contributed by atoms with Crippen LogP contribution < -0.4 is 5.32 Å². The third-order valence-electron chi connectivity index (χ3n) is 7.45. The predicted molar refractivity (Wildman–Crippen MR) is 173 cm³/mol. The summed E-state index contributed by atoms with van der Waals surface area (Å²) in [6.07, 6.45) is 0. The van der Waals surface area contributed by atoms with Gasteiger partial charge in [0.2, 0.25) is 0 Å². The summed E-state index contributed by atoms with van der Waals surface area (Å²) in [4.78, 5) is 0. The standard InChI is InChI=1S/C36H23NS2/c1-3-9-23(10-4-1)27-13-7-15-33-35(27)29-21-25(17-19-31(29)38-33)37-26-18-20-32-30(22-26)36-28(14-8-16-34(36)39-32)24-11-5-2-6-12-24/h1-22,37H.